The highest BCUT2D eigenvalue weighted by molar-refractivity contribution is 6.31. The smallest absolute Gasteiger partial charge is 0.272 e. The minimum atomic E-state index is -0.263. The van der Waals surface area contributed by atoms with Gasteiger partial charge in [0.2, 0.25) is 0 Å². The van der Waals surface area contributed by atoms with Gasteiger partial charge in [-0.05, 0) is 23.8 Å². The molecule has 1 aliphatic rings. The Hall–Kier alpha value is -2.63. The Bertz CT molecular complexity index is 1070. The van der Waals surface area contributed by atoms with Crippen LogP contribution in [0.25, 0.3) is 10.9 Å². The second-order valence-electron chi connectivity index (χ2n) is 6.79. The molecule has 2 heterocycles. The van der Waals surface area contributed by atoms with Crippen molar-refractivity contribution in [1.29, 1.82) is 0 Å². The Morgan fingerprint density at radius 1 is 0.926 bits per heavy atom. The van der Waals surface area contributed by atoms with Crippen LogP contribution in [0.4, 0.5) is 5.69 Å². The maximum absolute atomic E-state index is 12.7. The number of aromatic amines is 1. The molecule has 0 saturated carbocycles. The van der Waals surface area contributed by atoms with Crippen molar-refractivity contribution in [2.24, 2.45) is 0 Å². The molecule has 2 aromatic carbocycles. The molecule has 0 unspecified atom stereocenters. The van der Waals surface area contributed by atoms with Crippen molar-refractivity contribution >= 4 is 28.2 Å². The normalized spacial score (nSPS) is 15.2. The number of hydrogen-bond acceptors (Lipinski definition) is 4. The first-order valence-electron chi connectivity index (χ1n) is 8.98. The molecule has 1 aliphatic heterocycles. The molecule has 0 bridgehead atoms. The zero-order valence-electron chi connectivity index (χ0n) is 14.8. The summed E-state index contributed by atoms with van der Waals surface area (Å²) < 4.78 is 0. The molecule has 6 heteroatoms. The molecule has 0 spiro atoms. The van der Waals surface area contributed by atoms with Crippen molar-refractivity contribution < 1.29 is 0 Å². The minimum absolute atomic E-state index is 0.179. The van der Waals surface area contributed by atoms with Crippen LogP contribution < -0.4 is 15.9 Å². The van der Waals surface area contributed by atoms with E-state index in [1.54, 1.807) is 18.2 Å². The summed E-state index contributed by atoms with van der Waals surface area (Å²) in [5.41, 5.74) is 1.72. The van der Waals surface area contributed by atoms with E-state index in [1.807, 2.05) is 23.1 Å². The standard InChI is InChI=1S/C21H20ClN3O2/c22-16-6-7-17-18(12-16)23-21(27)19(13-20(17)26)25-10-8-24(9-11-25)14-15-4-2-1-3-5-15/h1-7,12-13H,8-11,14H2,(H,23,27). The van der Waals surface area contributed by atoms with Gasteiger partial charge in [-0.2, -0.15) is 0 Å². The van der Waals surface area contributed by atoms with Crippen LogP contribution in [-0.4, -0.2) is 36.1 Å². The van der Waals surface area contributed by atoms with Crippen LogP contribution in [0.3, 0.4) is 0 Å². The Balaban J connectivity index is 1.57. The first-order chi connectivity index (χ1) is 13.1. The van der Waals surface area contributed by atoms with Crippen LogP contribution in [-0.2, 0) is 6.54 Å². The number of halogens is 1. The lowest BCUT2D eigenvalue weighted by Crippen LogP contribution is -2.47. The van der Waals surface area contributed by atoms with E-state index in [4.69, 9.17) is 11.6 Å². The third-order valence-corrected chi connectivity index (χ3v) is 5.19. The summed E-state index contributed by atoms with van der Waals surface area (Å²) in [4.78, 5) is 32.4. The quantitative estimate of drug-likeness (QED) is 0.758. The van der Waals surface area contributed by atoms with Gasteiger partial charge in [0.1, 0.15) is 5.69 Å². The van der Waals surface area contributed by atoms with Gasteiger partial charge >= 0.3 is 0 Å². The zero-order chi connectivity index (χ0) is 18.8. The Labute approximate surface area is 161 Å². The van der Waals surface area contributed by atoms with Gasteiger partial charge in [-0.3, -0.25) is 14.5 Å². The number of fused-ring (bicyclic) bond motifs is 1. The maximum Gasteiger partial charge on any atom is 0.272 e. The van der Waals surface area contributed by atoms with E-state index in [-0.39, 0.29) is 11.0 Å². The van der Waals surface area contributed by atoms with Gasteiger partial charge in [-0.15, -0.1) is 0 Å². The highest BCUT2D eigenvalue weighted by Gasteiger charge is 2.19. The van der Waals surface area contributed by atoms with Crippen LogP contribution in [0.5, 0.6) is 0 Å². The number of hydrogen-bond donors (Lipinski definition) is 1. The third kappa shape index (κ3) is 3.89. The fourth-order valence-electron chi connectivity index (χ4n) is 3.51. The average molecular weight is 382 g/mol. The fourth-order valence-corrected chi connectivity index (χ4v) is 3.68. The predicted molar refractivity (Wildman–Crippen MR) is 110 cm³/mol. The molecule has 1 aromatic heterocycles. The Kier molecular flexibility index (Phi) is 4.97. The average Bonchev–Trinajstić information content (AvgIpc) is 2.79. The molecule has 1 fully saturated rings. The zero-order valence-corrected chi connectivity index (χ0v) is 15.6. The molecule has 5 nitrogen and oxygen atoms in total. The van der Waals surface area contributed by atoms with E-state index in [1.165, 1.54) is 11.6 Å². The summed E-state index contributed by atoms with van der Waals surface area (Å²) in [7, 11) is 0. The van der Waals surface area contributed by atoms with Gasteiger partial charge < -0.3 is 9.88 Å². The van der Waals surface area contributed by atoms with Gasteiger partial charge in [0.15, 0.2) is 5.43 Å². The van der Waals surface area contributed by atoms with Crippen molar-refractivity contribution in [2.75, 3.05) is 31.1 Å². The SMILES string of the molecule is O=c1[nH]c2cc(Cl)ccc2c(=O)cc1N1CCN(Cc2ccccc2)CC1. The molecule has 0 atom stereocenters. The van der Waals surface area contributed by atoms with Crippen LogP contribution in [0.15, 0.2) is 64.2 Å². The summed E-state index contributed by atoms with van der Waals surface area (Å²) in [6.07, 6.45) is 0. The second-order valence-corrected chi connectivity index (χ2v) is 7.22. The molecule has 1 N–H and O–H groups in total. The molecule has 0 aliphatic carbocycles. The molecule has 0 amide bonds. The Morgan fingerprint density at radius 2 is 1.67 bits per heavy atom. The van der Waals surface area contributed by atoms with E-state index in [2.05, 4.69) is 22.0 Å². The van der Waals surface area contributed by atoms with Crippen LogP contribution >= 0.6 is 11.6 Å². The number of H-pyrrole nitrogens is 1. The first kappa shape index (κ1) is 17.8. The number of benzene rings is 2. The topological polar surface area (TPSA) is 56.4 Å². The van der Waals surface area contributed by atoms with Gasteiger partial charge in [-0.25, -0.2) is 0 Å². The molecule has 138 valence electrons. The lowest BCUT2D eigenvalue weighted by Gasteiger charge is -2.35. The van der Waals surface area contributed by atoms with Gasteiger partial charge in [0.05, 0.1) is 5.52 Å². The van der Waals surface area contributed by atoms with Crippen molar-refractivity contribution in [3.05, 3.63) is 85.8 Å². The fraction of sp³-hybridized carbons (Fsp3) is 0.238. The van der Waals surface area contributed by atoms with Crippen molar-refractivity contribution in [2.45, 2.75) is 6.54 Å². The van der Waals surface area contributed by atoms with Crippen molar-refractivity contribution in [3.8, 4) is 0 Å². The number of piperazine rings is 1. The molecule has 27 heavy (non-hydrogen) atoms. The number of anilines is 1. The molecule has 4 rings (SSSR count). The summed E-state index contributed by atoms with van der Waals surface area (Å²) in [5.74, 6) is 0. The number of nitrogens with one attached hydrogen (secondary N) is 1. The molecule has 3 aromatic rings. The van der Waals surface area contributed by atoms with E-state index < -0.39 is 0 Å². The molecular weight excluding hydrogens is 362 g/mol. The molecule has 1 saturated heterocycles. The van der Waals surface area contributed by atoms with Crippen LogP contribution in [0, 0.1) is 0 Å². The van der Waals surface area contributed by atoms with Crippen molar-refractivity contribution in [3.63, 3.8) is 0 Å². The maximum atomic E-state index is 12.7. The predicted octanol–water partition coefficient (Wildman–Crippen LogP) is 2.86. The van der Waals surface area contributed by atoms with E-state index in [0.29, 0.717) is 34.7 Å². The lowest BCUT2D eigenvalue weighted by atomic mass is 10.2. The number of rotatable bonds is 3. The Morgan fingerprint density at radius 3 is 2.41 bits per heavy atom. The summed E-state index contributed by atoms with van der Waals surface area (Å²) in [5, 5.41) is 0.949. The van der Waals surface area contributed by atoms with Crippen molar-refractivity contribution in [1.82, 2.24) is 9.88 Å². The highest BCUT2D eigenvalue weighted by Crippen LogP contribution is 2.16. The van der Waals surface area contributed by atoms with Gasteiger partial charge in [0, 0.05) is 49.2 Å². The van der Waals surface area contributed by atoms with Gasteiger partial charge in [-0.1, -0.05) is 41.9 Å². The third-order valence-electron chi connectivity index (χ3n) is 4.96. The minimum Gasteiger partial charge on any atom is -0.364 e. The largest absolute Gasteiger partial charge is 0.364 e. The number of aromatic nitrogens is 1. The second kappa shape index (κ2) is 7.55. The van der Waals surface area contributed by atoms with Crippen LogP contribution in [0.1, 0.15) is 5.56 Å². The lowest BCUT2D eigenvalue weighted by molar-refractivity contribution is 0.249. The van der Waals surface area contributed by atoms with Crippen LogP contribution in [0.2, 0.25) is 5.02 Å². The molecular formula is C21H20ClN3O2. The monoisotopic (exact) mass is 381 g/mol. The van der Waals surface area contributed by atoms with E-state index in [9.17, 15) is 9.59 Å². The van der Waals surface area contributed by atoms with E-state index in [0.717, 1.165) is 19.6 Å². The first-order valence-corrected chi connectivity index (χ1v) is 9.36. The number of nitrogens with zero attached hydrogens (tertiary/aromatic N) is 2. The van der Waals surface area contributed by atoms with Gasteiger partial charge in [0.25, 0.3) is 5.56 Å². The summed E-state index contributed by atoms with van der Waals surface area (Å²) >= 11 is 6.00. The summed E-state index contributed by atoms with van der Waals surface area (Å²) in [6, 6.07) is 16.7. The highest BCUT2D eigenvalue weighted by atomic mass is 35.5. The van der Waals surface area contributed by atoms with E-state index >= 15 is 0 Å². The molecule has 0 radical (unpaired) electrons. The summed E-state index contributed by atoms with van der Waals surface area (Å²) in [6.45, 7) is 3.98.